The van der Waals surface area contributed by atoms with Gasteiger partial charge < -0.3 is 10.1 Å². The number of hydrogen-bond acceptors (Lipinski definition) is 2. The number of carbonyl (C=O) groups excluding carboxylic acids is 1. The van der Waals surface area contributed by atoms with Gasteiger partial charge >= 0.3 is 0 Å². The second-order valence-electron chi connectivity index (χ2n) is 6.53. The number of nitrogens with one attached hydrogen (secondary N) is 1. The summed E-state index contributed by atoms with van der Waals surface area (Å²) in [5, 5.41) is 3.78. The van der Waals surface area contributed by atoms with Crippen LogP contribution in [0.2, 0.25) is 5.02 Å². The Bertz CT molecular complexity index is 727. The van der Waals surface area contributed by atoms with Gasteiger partial charge in [0.25, 0.3) is 0 Å². The van der Waals surface area contributed by atoms with Crippen molar-refractivity contribution in [2.75, 3.05) is 0 Å². The molecule has 1 N–H and O–H groups in total. The summed E-state index contributed by atoms with van der Waals surface area (Å²) < 4.78 is 6.00. The van der Waals surface area contributed by atoms with Crippen LogP contribution >= 0.6 is 11.6 Å². The third kappa shape index (κ3) is 3.85. The van der Waals surface area contributed by atoms with Crippen molar-refractivity contribution in [2.24, 2.45) is 0 Å². The number of halogens is 1. The summed E-state index contributed by atoms with van der Waals surface area (Å²) in [7, 11) is 0. The molecule has 0 bridgehead atoms. The maximum atomic E-state index is 12.4. The predicted octanol–water partition coefficient (Wildman–Crippen LogP) is 4.30. The van der Waals surface area contributed by atoms with Gasteiger partial charge in [-0.2, -0.15) is 0 Å². The molecule has 0 unspecified atom stereocenters. The molecule has 1 heterocycles. The Morgan fingerprint density at radius 3 is 2.83 bits per heavy atom. The van der Waals surface area contributed by atoms with E-state index in [1.165, 1.54) is 0 Å². The number of fused-ring (bicyclic) bond motifs is 1. The van der Waals surface area contributed by atoms with E-state index in [1.54, 1.807) is 6.07 Å². The Balaban J connectivity index is 1.75. The lowest BCUT2D eigenvalue weighted by atomic mass is 9.89. The summed E-state index contributed by atoms with van der Waals surface area (Å²) in [5.41, 5.74) is 1.64. The molecule has 0 aliphatic carbocycles. The summed E-state index contributed by atoms with van der Waals surface area (Å²) in [6.07, 6.45) is 1.06. The predicted molar refractivity (Wildman–Crippen MR) is 91.8 cm³/mol. The van der Waals surface area contributed by atoms with Gasteiger partial charge in [0.15, 0.2) is 0 Å². The minimum absolute atomic E-state index is 0.00947. The van der Waals surface area contributed by atoms with E-state index in [4.69, 9.17) is 16.3 Å². The van der Waals surface area contributed by atoms with E-state index in [0.717, 1.165) is 23.3 Å². The highest BCUT2D eigenvalue weighted by molar-refractivity contribution is 6.30. The standard InChI is InChI=1S/C19H20ClNO2/c1-19(2)12-16(15-8-3-4-9-17(15)23-19)21-18(22)11-13-6-5-7-14(20)10-13/h3-10,16H,11-12H2,1-2H3,(H,21,22)/t16-/m1/s1. The zero-order valence-corrected chi connectivity index (χ0v) is 14.1. The molecule has 2 aromatic carbocycles. The summed E-state index contributed by atoms with van der Waals surface area (Å²) in [6, 6.07) is 15.2. The molecule has 2 aromatic rings. The molecule has 1 atom stereocenters. The first-order valence-corrected chi connectivity index (χ1v) is 8.12. The van der Waals surface area contributed by atoms with Crippen LogP contribution in [0.25, 0.3) is 0 Å². The zero-order chi connectivity index (χ0) is 16.4. The fraction of sp³-hybridized carbons (Fsp3) is 0.316. The van der Waals surface area contributed by atoms with Crippen LogP contribution in [0.1, 0.15) is 37.4 Å². The summed E-state index contributed by atoms with van der Waals surface area (Å²) >= 11 is 5.98. The van der Waals surface area contributed by atoms with Gasteiger partial charge in [0, 0.05) is 17.0 Å². The van der Waals surface area contributed by atoms with Crippen molar-refractivity contribution in [1.82, 2.24) is 5.32 Å². The first-order valence-electron chi connectivity index (χ1n) is 7.75. The maximum absolute atomic E-state index is 12.4. The van der Waals surface area contributed by atoms with Crippen molar-refractivity contribution in [3.8, 4) is 5.75 Å². The third-order valence-electron chi connectivity index (χ3n) is 3.97. The number of carbonyl (C=O) groups is 1. The van der Waals surface area contributed by atoms with Gasteiger partial charge in [-0.25, -0.2) is 0 Å². The quantitative estimate of drug-likeness (QED) is 0.911. The molecule has 0 aromatic heterocycles. The van der Waals surface area contributed by atoms with Gasteiger partial charge in [-0.05, 0) is 37.6 Å². The second-order valence-corrected chi connectivity index (χ2v) is 6.97. The molecule has 0 saturated heterocycles. The molecule has 120 valence electrons. The highest BCUT2D eigenvalue weighted by Gasteiger charge is 2.34. The SMILES string of the molecule is CC1(C)C[C@@H](NC(=O)Cc2cccc(Cl)c2)c2ccccc2O1. The third-order valence-corrected chi connectivity index (χ3v) is 4.20. The molecular formula is C19H20ClNO2. The molecule has 4 heteroatoms. The average Bonchev–Trinajstić information content (AvgIpc) is 2.46. The van der Waals surface area contributed by atoms with E-state index < -0.39 is 0 Å². The Morgan fingerprint density at radius 2 is 2.04 bits per heavy atom. The van der Waals surface area contributed by atoms with Crippen molar-refractivity contribution in [1.29, 1.82) is 0 Å². The van der Waals surface area contributed by atoms with E-state index in [0.29, 0.717) is 11.4 Å². The molecule has 0 spiro atoms. The molecule has 1 aliphatic rings. The van der Waals surface area contributed by atoms with Crippen molar-refractivity contribution >= 4 is 17.5 Å². The fourth-order valence-corrected chi connectivity index (χ4v) is 3.22. The topological polar surface area (TPSA) is 38.3 Å². The largest absolute Gasteiger partial charge is 0.487 e. The summed E-state index contributed by atoms with van der Waals surface area (Å²) in [6.45, 7) is 4.08. The Kier molecular flexibility index (Phi) is 4.31. The highest BCUT2D eigenvalue weighted by Crippen LogP contribution is 2.39. The molecule has 23 heavy (non-hydrogen) atoms. The first kappa shape index (κ1) is 15.9. The van der Waals surface area contributed by atoms with Gasteiger partial charge in [0.05, 0.1) is 12.5 Å². The minimum Gasteiger partial charge on any atom is -0.487 e. The van der Waals surface area contributed by atoms with E-state index >= 15 is 0 Å². The summed E-state index contributed by atoms with van der Waals surface area (Å²) in [5.74, 6) is 0.835. The van der Waals surface area contributed by atoms with Gasteiger partial charge in [-0.1, -0.05) is 41.9 Å². The summed E-state index contributed by atoms with van der Waals surface area (Å²) in [4.78, 5) is 12.4. The van der Waals surface area contributed by atoms with Crippen LogP contribution in [0.15, 0.2) is 48.5 Å². The lowest BCUT2D eigenvalue weighted by Crippen LogP contribution is -2.41. The second kappa shape index (κ2) is 6.25. The monoisotopic (exact) mass is 329 g/mol. The maximum Gasteiger partial charge on any atom is 0.224 e. The smallest absolute Gasteiger partial charge is 0.224 e. The molecule has 3 rings (SSSR count). The van der Waals surface area contributed by atoms with Crippen molar-refractivity contribution in [3.05, 3.63) is 64.7 Å². The van der Waals surface area contributed by atoms with Crippen molar-refractivity contribution < 1.29 is 9.53 Å². The fourth-order valence-electron chi connectivity index (χ4n) is 3.01. The van der Waals surface area contributed by atoms with Gasteiger partial charge in [-0.3, -0.25) is 4.79 Å². The number of benzene rings is 2. The van der Waals surface area contributed by atoms with Crippen LogP contribution in [0.4, 0.5) is 0 Å². The normalized spacial score (nSPS) is 18.7. The van der Waals surface area contributed by atoms with Gasteiger partial charge in [0.2, 0.25) is 5.91 Å². The molecular weight excluding hydrogens is 310 g/mol. The number of hydrogen-bond donors (Lipinski definition) is 1. The van der Waals surface area contributed by atoms with Crippen LogP contribution in [0, 0.1) is 0 Å². The van der Waals surface area contributed by atoms with Crippen molar-refractivity contribution in [2.45, 2.75) is 38.3 Å². The number of rotatable bonds is 3. The highest BCUT2D eigenvalue weighted by atomic mass is 35.5. The van der Waals surface area contributed by atoms with Crippen molar-refractivity contribution in [3.63, 3.8) is 0 Å². The molecule has 0 saturated carbocycles. The molecule has 0 radical (unpaired) electrons. The first-order chi connectivity index (χ1) is 10.9. The van der Waals surface area contributed by atoms with Crippen LogP contribution < -0.4 is 10.1 Å². The van der Waals surface area contributed by atoms with Crippen LogP contribution in [0.5, 0.6) is 5.75 Å². The zero-order valence-electron chi connectivity index (χ0n) is 13.3. The van der Waals surface area contributed by atoms with E-state index in [9.17, 15) is 4.79 Å². The molecule has 1 aliphatic heterocycles. The van der Waals surface area contributed by atoms with Crippen LogP contribution in [-0.4, -0.2) is 11.5 Å². The van der Waals surface area contributed by atoms with Gasteiger partial charge in [0.1, 0.15) is 11.4 Å². The molecule has 0 fully saturated rings. The average molecular weight is 330 g/mol. The Morgan fingerprint density at radius 1 is 1.26 bits per heavy atom. The number of para-hydroxylation sites is 1. The molecule has 1 amide bonds. The van der Waals surface area contributed by atoms with Crippen LogP contribution in [0.3, 0.4) is 0 Å². The van der Waals surface area contributed by atoms with Gasteiger partial charge in [-0.15, -0.1) is 0 Å². The Labute approximate surface area is 141 Å². The Hall–Kier alpha value is -2.00. The lowest BCUT2D eigenvalue weighted by molar-refractivity contribution is -0.121. The lowest BCUT2D eigenvalue weighted by Gasteiger charge is -2.37. The van der Waals surface area contributed by atoms with E-state index in [-0.39, 0.29) is 17.6 Å². The molecule has 3 nitrogen and oxygen atoms in total. The number of ether oxygens (including phenoxy) is 1. The minimum atomic E-state index is -0.303. The van der Waals surface area contributed by atoms with E-state index in [2.05, 4.69) is 5.32 Å². The number of amides is 1. The van der Waals surface area contributed by atoms with Crippen LogP contribution in [-0.2, 0) is 11.2 Å². The van der Waals surface area contributed by atoms with E-state index in [1.807, 2.05) is 56.3 Å².